The van der Waals surface area contributed by atoms with Gasteiger partial charge in [-0.3, -0.25) is 4.79 Å². The SMILES string of the molecule is COc1ccccc1CC(=O)Nc1ccc(C)c(S(=O)(=O)N(C)C)c1. The van der Waals surface area contributed by atoms with Crippen LogP contribution in [0.3, 0.4) is 0 Å². The number of anilines is 1. The van der Waals surface area contributed by atoms with Crippen LogP contribution in [0.4, 0.5) is 5.69 Å². The van der Waals surface area contributed by atoms with Crippen LogP contribution >= 0.6 is 0 Å². The van der Waals surface area contributed by atoms with E-state index in [-0.39, 0.29) is 17.2 Å². The van der Waals surface area contributed by atoms with Gasteiger partial charge in [-0.25, -0.2) is 12.7 Å². The van der Waals surface area contributed by atoms with Crippen LogP contribution in [0, 0.1) is 6.92 Å². The quantitative estimate of drug-likeness (QED) is 0.856. The maximum Gasteiger partial charge on any atom is 0.242 e. The Balaban J connectivity index is 2.22. The van der Waals surface area contributed by atoms with Gasteiger partial charge < -0.3 is 10.1 Å². The Morgan fingerprint density at radius 2 is 1.84 bits per heavy atom. The van der Waals surface area contributed by atoms with Gasteiger partial charge in [-0.15, -0.1) is 0 Å². The van der Waals surface area contributed by atoms with Gasteiger partial charge in [0.15, 0.2) is 0 Å². The van der Waals surface area contributed by atoms with Crippen molar-refractivity contribution >= 4 is 21.6 Å². The molecule has 1 N–H and O–H groups in total. The molecule has 0 aliphatic rings. The molecule has 7 heteroatoms. The van der Waals surface area contributed by atoms with Gasteiger partial charge in [0, 0.05) is 25.3 Å². The summed E-state index contributed by atoms with van der Waals surface area (Å²) in [7, 11) is 0.925. The summed E-state index contributed by atoms with van der Waals surface area (Å²) < 4.78 is 31.1. The molecule has 25 heavy (non-hydrogen) atoms. The van der Waals surface area contributed by atoms with Crippen LogP contribution in [-0.2, 0) is 21.2 Å². The molecular formula is C18H22N2O4S. The molecule has 0 saturated heterocycles. The molecule has 0 heterocycles. The van der Waals surface area contributed by atoms with E-state index < -0.39 is 10.0 Å². The van der Waals surface area contributed by atoms with E-state index >= 15 is 0 Å². The Morgan fingerprint density at radius 1 is 1.16 bits per heavy atom. The molecule has 0 bridgehead atoms. The smallest absolute Gasteiger partial charge is 0.242 e. The minimum Gasteiger partial charge on any atom is -0.496 e. The number of hydrogen-bond acceptors (Lipinski definition) is 4. The fraction of sp³-hybridized carbons (Fsp3) is 0.278. The van der Waals surface area contributed by atoms with Gasteiger partial charge in [0.2, 0.25) is 15.9 Å². The fourth-order valence-corrected chi connectivity index (χ4v) is 3.52. The Morgan fingerprint density at radius 3 is 2.48 bits per heavy atom. The monoisotopic (exact) mass is 362 g/mol. The third-order valence-corrected chi connectivity index (χ3v) is 5.73. The minimum atomic E-state index is -3.57. The first-order valence-corrected chi connectivity index (χ1v) is 9.14. The average molecular weight is 362 g/mol. The molecule has 0 radical (unpaired) electrons. The van der Waals surface area contributed by atoms with Crippen molar-refractivity contribution in [2.75, 3.05) is 26.5 Å². The van der Waals surface area contributed by atoms with E-state index in [0.717, 1.165) is 9.87 Å². The molecule has 0 aliphatic heterocycles. The van der Waals surface area contributed by atoms with Gasteiger partial charge in [-0.05, 0) is 30.7 Å². The number of para-hydroxylation sites is 1. The minimum absolute atomic E-state index is 0.133. The molecule has 0 aliphatic carbocycles. The highest BCUT2D eigenvalue weighted by molar-refractivity contribution is 7.89. The highest BCUT2D eigenvalue weighted by Gasteiger charge is 2.20. The average Bonchev–Trinajstić information content (AvgIpc) is 2.56. The van der Waals surface area contributed by atoms with Crippen LogP contribution in [0.15, 0.2) is 47.4 Å². The molecular weight excluding hydrogens is 340 g/mol. The molecule has 2 aromatic carbocycles. The zero-order valence-corrected chi connectivity index (χ0v) is 15.6. The van der Waals surface area contributed by atoms with Gasteiger partial charge in [0.05, 0.1) is 18.4 Å². The lowest BCUT2D eigenvalue weighted by molar-refractivity contribution is -0.115. The number of carbonyl (C=O) groups is 1. The predicted octanol–water partition coefficient (Wildman–Crippen LogP) is 2.44. The van der Waals surface area contributed by atoms with Crippen LogP contribution in [-0.4, -0.2) is 39.8 Å². The molecule has 0 saturated carbocycles. The summed E-state index contributed by atoms with van der Waals surface area (Å²) >= 11 is 0. The summed E-state index contributed by atoms with van der Waals surface area (Å²) in [6.45, 7) is 1.72. The number of amides is 1. The van der Waals surface area contributed by atoms with E-state index in [0.29, 0.717) is 17.0 Å². The summed E-state index contributed by atoms with van der Waals surface area (Å²) in [6, 6.07) is 12.1. The first-order valence-electron chi connectivity index (χ1n) is 7.70. The van der Waals surface area contributed by atoms with Gasteiger partial charge in [0.1, 0.15) is 5.75 Å². The van der Waals surface area contributed by atoms with Crippen molar-refractivity contribution in [1.82, 2.24) is 4.31 Å². The topological polar surface area (TPSA) is 75.7 Å². The molecule has 0 fully saturated rings. The lowest BCUT2D eigenvalue weighted by atomic mass is 10.1. The number of carbonyl (C=O) groups excluding carboxylic acids is 1. The third kappa shape index (κ3) is 4.37. The van der Waals surface area contributed by atoms with Crippen LogP contribution < -0.4 is 10.1 Å². The van der Waals surface area contributed by atoms with E-state index in [1.165, 1.54) is 20.2 Å². The zero-order chi connectivity index (χ0) is 18.6. The molecule has 0 atom stereocenters. The third-order valence-electron chi connectivity index (χ3n) is 3.77. The molecule has 134 valence electrons. The highest BCUT2D eigenvalue weighted by Crippen LogP contribution is 2.23. The second-order valence-corrected chi connectivity index (χ2v) is 7.92. The van der Waals surface area contributed by atoms with Crippen LogP contribution in [0.2, 0.25) is 0 Å². The number of benzene rings is 2. The number of methoxy groups -OCH3 is 1. The Bertz CT molecular complexity index is 876. The zero-order valence-electron chi connectivity index (χ0n) is 14.7. The van der Waals surface area contributed by atoms with Crippen molar-refractivity contribution in [2.24, 2.45) is 0 Å². The molecule has 2 aromatic rings. The normalized spacial score (nSPS) is 11.4. The van der Waals surface area contributed by atoms with E-state index in [2.05, 4.69) is 5.32 Å². The summed E-state index contributed by atoms with van der Waals surface area (Å²) in [5, 5.41) is 2.74. The van der Waals surface area contributed by atoms with Crippen LogP contribution in [0.25, 0.3) is 0 Å². The van der Waals surface area contributed by atoms with Crippen LogP contribution in [0.5, 0.6) is 5.75 Å². The Labute approximate surface area is 148 Å². The number of sulfonamides is 1. The fourth-order valence-electron chi connectivity index (χ4n) is 2.38. The number of hydrogen-bond donors (Lipinski definition) is 1. The summed E-state index contributed by atoms with van der Waals surface area (Å²) in [4.78, 5) is 12.5. The molecule has 1 amide bonds. The van der Waals surface area contributed by atoms with Crippen molar-refractivity contribution in [3.8, 4) is 5.75 Å². The van der Waals surface area contributed by atoms with E-state index in [4.69, 9.17) is 4.74 Å². The lowest BCUT2D eigenvalue weighted by Gasteiger charge is -2.15. The maximum atomic E-state index is 12.4. The van der Waals surface area contributed by atoms with Crippen molar-refractivity contribution in [3.05, 3.63) is 53.6 Å². The first kappa shape index (κ1) is 19.0. The van der Waals surface area contributed by atoms with Gasteiger partial charge >= 0.3 is 0 Å². The maximum absolute atomic E-state index is 12.4. The molecule has 0 aromatic heterocycles. The molecule has 0 unspecified atom stereocenters. The summed E-state index contributed by atoms with van der Waals surface area (Å²) in [5.74, 6) is 0.388. The lowest BCUT2D eigenvalue weighted by Crippen LogP contribution is -2.23. The highest BCUT2D eigenvalue weighted by atomic mass is 32.2. The van der Waals surface area contributed by atoms with E-state index in [9.17, 15) is 13.2 Å². The second kappa shape index (κ2) is 7.67. The van der Waals surface area contributed by atoms with Gasteiger partial charge in [-0.1, -0.05) is 24.3 Å². The second-order valence-electron chi connectivity index (χ2n) is 5.80. The van der Waals surface area contributed by atoms with Crippen molar-refractivity contribution in [1.29, 1.82) is 0 Å². The standard InChI is InChI=1S/C18H22N2O4S/c1-13-9-10-15(12-17(13)25(22,23)20(2)3)19-18(21)11-14-7-5-6-8-16(14)24-4/h5-10,12H,11H2,1-4H3,(H,19,21). The summed E-state index contributed by atoms with van der Waals surface area (Å²) in [6.07, 6.45) is 0.133. The van der Waals surface area contributed by atoms with Crippen molar-refractivity contribution in [2.45, 2.75) is 18.2 Å². The van der Waals surface area contributed by atoms with E-state index in [1.54, 1.807) is 32.2 Å². The van der Waals surface area contributed by atoms with Gasteiger partial charge in [0.25, 0.3) is 0 Å². The predicted molar refractivity (Wildman–Crippen MR) is 97.4 cm³/mol. The van der Waals surface area contributed by atoms with Gasteiger partial charge in [-0.2, -0.15) is 0 Å². The number of nitrogens with one attached hydrogen (secondary N) is 1. The number of rotatable bonds is 6. The number of aryl methyl sites for hydroxylation is 1. The van der Waals surface area contributed by atoms with E-state index in [1.807, 2.05) is 18.2 Å². The Kier molecular flexibility index (Phi) is 5.81. The molecule has 2 rings (SSSR count). The largest absolute Gasteiger partial charge is 0.496 e. The summed E-state index contributed by atoms with van der Waals surface area (Å²) in [5.41, 5.74) is 1.82. The Hall–Kier alpha value is -2.38. The van der Waals surface area contributed by atoms with Crippen molar-refractivity contribution in [3.63, 3.8) is 0 Å². The number of nitrogens with zero attached hydrogens (tertiary/aromatic N) is 1. The first-order chi connectivity index (χ1) is 11.8. The van der Waals surface area contributed by atoms with Crippen LogP contribution in [0.1, 0.15) is 11.1 Å². The molecule has 0 spiro atoms. The molecule has 6 nitrogen and oxygen atoms in total. The number of ether oxygens (including phenoxy) is 1. The van der Waals surface area contributed by atoms with Crippen molar-refractivity contribution < 1.29 is 17.9 Å².